The van der Waals surface area contributed by atoms with Gasteiger partial charge < -0.3 is 4.90 Å². The number of sulfone groups is 1. The van der Waals surface area contributed by atoms with Crippen molar-refractivity contribution in [3.63, 3.8) is 0 Å². The third kappa shape index (κ3) is 3.92. The molecule has 2 aromatic carbocycles. The zero-order valence-corrected chi connectivity index (χ0v) is 21.1. The van der Waals surface area contributed by atoms with Crippen LogP contribution in [0.4, 0.5) is 4.39 Å². The number of likely N-dealkylation sites (tertiary alicyclic amines) is 1. The number of carbonyl (C=O) groups is 1. The van der Waals surface area contributed by atoms with Crippen molar-refractivity contribution in [3.05, 3.63) is 63.9 Å². The lowest BCUT2D eigenvalue weighted by Crippen LogP contribution is -2.52. The summed E-state index contributed by atoms with van der Waals surface area (Å²) in [6.07, 6.45) is 2.71. The summed E-state index contributed by atoms with van der Waals surface area (Å²) in [7, 11) is -3.97. The summed E-state index contributed by atoms with van der Waals surface area (Å²) >= 11 is 3.50. The molecular formula is C25H29BrFNO3S. The van der Waals surface area contributed by atoms with Crippen LogP contribution in [0.15, 0.2) is 51.8 Å². The summed E-state index contributed by atoms with van der Waals surface area (Å²) in [4.78, 5) is 15.0. The molecule has 4 nitrogen and oxygen atoms in total. The van der Waals surface area contributed by atoms with Crippen LogP contribution in [0.1, 0.15) is 57.6 Å². The molecule has 2 aromatic rings. The van der Waals surface area contributed by atoms with Crippen molar-refractivity contribution in [3.8, 4) is 0 Å². The molecule has 1 heterocycles. The molecular weight excluding hydrogens is 493 g/mol. The van der Waals surface area contributed by atoms with Gasteiger partial charge in [-0.25, -0.2) is 12.8 Å². The van der Waals surface area contributed by atoms with Crippen LogP contribution >= 0.6 is 15.9 Å². The van der Waals surface area contributed by atoms with Crippen LogP contribution in [0, 0.1) is 11.2 Å². The van der Waals surface area contributed by atoms with Crippen molar-refractivity contribution in [2.24, 2.45) is 5.41 Å². The largest absolute Gasteiger partial charge is 0.338 e. The lowest BCUT2D eigenvalue weighted by molar-refractivity contribution is -0.133. The summed E-state index contributed by atoms with van der Waals surface area (Å²) in [5, 5.41) is 0. The maximum absolute atomic E-state index is 14.2. The number of carbonyl (C=O) groups excluding carboxylic acids is 1. The van der Waals surface area contributed by atoms with E-state index in [2.05, 4.69) is 36.7 Å². The average molecular weight is 522 g/mol. The fraction of sp³-hybridized carbons (Fsp3) is 0.480. The molecule has 0 bridgehead atoms. The van der Waals surface area contributed by atoms with E-state index in [1.165, 1.54) is 18.2 Å². The molecule has 0 saturated carbocycles. The summed E-state index contributed by atoms with van der Waals surface area (Å²) in [5.74, 6) is -0.580. The normalized spacial score (nSPS) is 23.0. The Morgan fingerprint density at radius 2 is 1.97 bits per heavy atom. The SMILES string of the molecule is CC(C)(C)CCC(=O)N1CCC2(S(=O)(=O)c3cccc(F)c3)c3ccc(Br)cc3CCC12. The molecule has 172 valence electrons. The van der Waals surface area contributed by atoms with Gasteiger partial charge >= 0.3 is 0 Å². The predicted octanol–water partition coefficient (Wildman–Crippen LogP) is 5.63. The maximum Gasteiger partial charge on any atom is 0.222 e. The van der Waals surface area contributed by atoms with E-state index in [1.807, 2.05) is 18.2 Å². The van der Waals surface area contributed by atoms with Crippen molar-refractivity contribution < 1.29 is 17.6 Å². The summed E-state index contributed by atoms with van der Waals surface area (Å²) < 4.78 is 42.0. The highest BCUT2D eigenvalue weighted by Crippen LogP contribution is 2.53. The van der Waals surface area contributed by atoms with E-state index in [4.69, 9.17) is 0 Å². The second-order valence-electron chi connectivity index (χ2n) is 10.1. The monoisotopic (exact) mass is 521 g/mol. The first-order chi connectivity index (χ1) is 15.0. The van der Waals surface area contributed by atoms with Gasteiger partial charge in [-0.15, -0.1) is 0 Å². The van der Waals surface area contributed by atoms with Crippen LogP contribution in [0.2, 0.25) is 0 Å². The van der Waals surface area contributed by atoms with E-state index in [0.717, 1.165) is 28.1 Å². The Labute approximate surface area is 198 Å². The van der Waals surface area contributed by atoms with Crippen LogP contribution in [0.3, 0.4) is 0 Å². The summed E-state index contributed by atoms with van der Waals surface area (Å²) in [5.41, 5.74) is 1.73. The number of benzene rings is 2. The van der Waals surface area contributed by atoms with Crippen molar-refractivity contribution >= 4 is 31.7 Å². The molecule has 1 saturated heterocycles. The highest BCUT2D eigenvalue weighted by Gasteiger charge is 2.60. The number of aryl methyl sites for hydroxylation is 1. The van der Waals surface area contributed by atoms with Crippen LogP contribution < -0.4 is 0 Å². The predicted molar refractivity (Wildman–Crippen MR) is 127 cm³/mol. The van der Waals surface area contributed by atoms with E-state index < -0.39 is 26.4 Å². The van der Waals surface area contributed by atoms with Crippen molar-refractivity contribution in [2.45, 2.75) is 68.6 Å². The van der Waals surface area contributed by atoms with Gasteiger partial charge in [-0.1, -0.05) is 48.8 Å². The van der Waals surface area contributed by atoms with E-state index in [1.54, 1.807) is 4.90 Å². The summed E-state index contributed by atoms with van der Waals surface area (Å²) in [6, 6.07) is 10.5. The molecule has 7 heteroatoms. The first-order valence-corrected chi connectivity index (χ1v) is 13.3. The van der Waals surface area contributed by atoms with Crippen molar-refractivity contribution in [2.75, 3.05) is 6.54 Å². The Morgan fingerprint density at radius 3 is 2.66 bits per heavy atom. The number of hydrogen-bond acceptors (Lipinski definition) is 3. The van der Waals surface area contributed by atoms with Gasteiger partial charge in [0.1, 0.15) is 10.6 Å². The Bertz CT molecular complexity index is 1160. The standard InChI is InChI=1S/C25H29BrFNO3S/c1-24(2,3)12-11-23(29)28-14-13-25(32(30,31)20-6-4-5-19(27)16-20)21-9-8-18(26)15-17(21)7-10-22(25)28/h4-6,8-9,15-16,22H,7,10-14H2,1-3H3. The molecule has 0 N–H and O–H groups in total. The van der Waals surface area contributed by atoms with Gasteiger partial charge in [0.05, 0.1) is 10.9 Å². The second-order valence-corrected chi connectivity index (χ2v) is 13.2. The lowest BCUT2D eigenvalue weighted by atomic mass is 9.78. The number of halogens is 2. The van der Waals surface area contributed by atoms with E-state index in [-0.39, 0.29) is 16.2 Å². The molecule has 2 unspecified atom stereocenters. The van der Waals surface area contributed by atoms with E-state index in [9.17, 15) is 17.6 Å². The average Bonchev–Trinajstić information content (AvgIpc) is 3.13. The molecule has 1 aliphatic carbocycles. The molecule has 32 heavy (non-hydrogen) atoms. The number of nitrogens with zero attached hydrogens (tertiary/aromatic N) is 1. The van der Waals surface area contributed by atoms with Gasteiger partial charge in [0.25, 0.3) is 0 Å². The highest BCUT2D eigenvalue weighted by atomic mass is 79.9. The van der Waals surface area contributed by atoms with Gasteiger partial charge in [-0.2, -0.15) is 0 Å². The summed E-state index contributed by atoms with van der Waals surface area (Å²) in [6.45, 7) is 6.67. The first-order valence-electron chi connectivity index (χ1n) is 11.0. The Hall–Kier alpha value is -1.73. The minimum absolute atomic E-state index is 0.00167. The highest BCUT2D eigenvalue weighted by molar-refractivity contribution is 9.10. The molecule has 0 radical (unpaired) electrons. The Kier molecular flexibility index (Phi) is 6.04. The molecule has 1 amide bonds. The van der Waals surface area contributed by atoms with Crippen LogP contribution in [-0.4, -0.2) is 31.8 Å². The second kappa shape index (κ2) is 8.24. The maximum atomic E-state index is 14.2. The Morgan fingerprint density at radius 1 is 1.22 bits per heavy atom. The molecule has 2 atom stereocenters. The van der Waals surface area contributed by atoms with Crippen molar-refractivity contribution in [1.82, 2.24) is 4.90 Å². The van der Waals surface area contributed by atoms with Crippen LogP contribution in [0.5, 0.6) is 0 Å². The molecule has 1 aliphatic heterocycles. The zero-order valence-electron chi connectivity index (χ0n) is 18.7. The van der Waals surface area contributed by atoms with Crippen molar-refractivity contribution in [1.29, 1.82) is 0 Å². The Balaban J connectivity index is 1.83. The smallest absolute Gasteiger partial charge is 0.222 e. The fourth-order valence-corrected chi connectivity index (χ4v) is 8.07. The number of amides is 1. The van der Waals surface area contributed by atoms with Crippen LogP contribution in [0.25, 0.3) is 0 Å². The van der Waals surface area contributed by atoms with Gasteiger partial charge in [0, 0.05) is 17.4 Å². The molecule has 0 aromatic heterocycles. The fourth-order valence-electron chi connectivity index (χ4n) is 5.26. The number of hydrogen-bond donors (Lipinski definition) is 0. The van der Waals surface area contributed by atoms with Gasteiger partial charge in [-0.05, 0) is 72.6 Å². The first kappa shape index (κ1) is 23.4. The van der Waals surface area contributed by atoms with E-state index in [0.29, 0.717) is 32.2 Å². The van der Waals surface area contributed by atoms with Gasteiger partial charge in [-0.3, -0.25) is 4.79 Å². The molecule has 0 spiro atoms. The number of fused-ring (bicyclic) bond motifs is 3. The third-order valence-corrected chi connectivity index (χ3v) is 9.87. The molecule has 2 aliphatic rings. The van der Waals surface area contributed by atoms with E-state index >= 15 is 0 Å². The quantitative estimate of drug-likeness (QED) is 0.523. The third-order valence-electron chi connectivity index (χ3n) is 6.84. The molecule has 4 rings (SSSR count). The number of rotatable bonds is 4. The van der Waals surface area contributed by atoms with Crippen LogP contribution in [-0.2, 0) is 25.8 Å². The topological polar surface area (TPSA) is 54.5 Å². The lowest BCUT2D eigenvalue weighted by Gasteiger charge is -2.42. The minimum Gasteiger partial charge on any atom is -0.338 e. The molecule has 1 fully saturated rings. The van der Waals surface area contributed by atoms with Gasteiger partial charge in [0.15, 0.2) is 9.84 Å². The zero-order chi connectivity index (χ0) is 23.3. The van der Waals surface area contributed by atoms with Gasteiger partial charge in [0.2, 0.25) is 5.91 Å². The minimum atomic E-state index is -3.97.